The van der Waals surface area contributed by atoms with Gasteiger partial charge in [0.2, 0.25) is 0 Å². The van der Waals surface area contributed by atoms with Crippen molar-refractivity contribution in [3.63, 3.8) is 0 Å². The summed E-state index contributed by atoms with van der Waals surface area (Å²) < 4.78 is 10.7. The van der Waals surface area contributed by atoms with Crippen molar-refractivity contribution in [2.75, 3.05) is 5.32 Å². The zero-order valence-corrected chi connectivity index (χ0v) is 16.5. The SMILES string of the molecule is O[P+](O)(O)Oc1cccc(Nc2ccc(OCc3ccccn3)cc2C2CC2)c1. The first kappa shape index (κ1) is 19.6. The van der Waals surface area contributed by atoms with Gasteiger partial charge < -0.3 is 10.1 Å². The van der Waals surface area contributed by atoms with Crippen LogP contribution in [0.4, 0.5) is 11.4 Å². The summed E-state index contributed by atoms with van der Waals surface area (Å²) >= 11 is 0. The molecule has 0 amide bonds. The van der Waals surface area contributed by atoms with Gasteiger partial charge >= 0.3 is 8.17 Å². The number of anilines is 2. The van der Waals surface area contributed by atoms with Gasteiger partial charge in [0.25, 0.3) is 0 Å². The third-order valence-electron chi connectivity index (χ3n) is 4.49. The molecule has 1 aromatic heterocycles. The highest BCUT2D eigenvalue weighted by Gasteiger charge is 2.34. The topological polar surface area (TPSA) is 104 Å². The molecule has 1 aliphatic carbocycles. The Labute approximate surface area is 169 Å². The van der Waals surface area contributed by atoms with Gasteiger partial charge in [0.15, 0.2) is 5.75 Å². The second-order valence-corrected chi connectivity index (χ2v) is 8.10. The molecule has 0 radical (unpaired) electrons. The number of ether oxygens (including phenoxy) is 1. The summed E-state index contributed by atoms with van der Waals surface area (Å²) in [7, 11) is -4.34. The molecule has 7 nitrogen and oxygen atoms in total. The Balaban J connectivity index is 1.50. The van der Waals surface area contributed by atoms with E-state index in [9.17, 15) is 0 Å². The van der Waals surface area contributed by atoms with Gasteiger partial charge in [-0.15, -0.1) is 0 Å². The van der Waals surface area contributed by atoms with Crippen molar-refractivity contribution in [1.29, 1.82) is 0 Å². The van der Waals surface area contributed by atoms with Gasteiger partial charge in [0.05, 0.1) is 5.69 Å². The van der Waals surface area contributed by atoms with Gasteiger partial charge in [0, 0.05) is 23.6 Å². The predicted octanol–water partition coefficient (Wildman–Crippen LogP) is 4.31. The second-order valence-electron chi connectivity index (χ2n) is 6.89. The minimum absolute atomic E-state index is 0.166. The molecule has 0 atom stereocenters. The van der Waals surface area contributed by atoms with Gasteiger partial charge in [-0.2, -0.15) is 14.7 Å². The molecule has 4 rings (SSSR count). The van der Waals surface area contributed by atoms with Crippen molar-refractivity contribution in [3.8, 4) is 11.5 Å². The Morgan fingerprint density at radius 3 is 2.55 bits per heavy atom. The first-order chi connectivity index (χ1) is 14.0. The van der Waals surface area contributed by atoms with E-state index < -0.39 is 8.17 Å². The number of benzene rings is 2. The molecule has 1 heterocycles. The highest BCUT2D eigenvalue weighted by atomic mass is 31.2. The van der Waals surface area contributed by atoms with Crippen LogP contribution in [-0.4, -0.2) is 19.7 Å². The Morgan fingerprint density at radius 2 is 1.83 bits per heavy atom. The fourth-order valence-corrected chi connectivity index (χ4v) is 3.44. The molecular weight excluding hydrogens is 391 g/mol. The Kier molecular flexibility index (Phi) is 5.65. The molecule has 0 spiro atoms. The largest absolute Gasteiger partial charge is 0.613 e. The molecule has 8 heteroatoms. The highest BCUT2D eigenvalue weighted by molar-refractivity contribution is 7.53. The number of hydrogen-bond donors (Lipinski definition) is 4. The van der Waals surface area contributed by atoms with Crippen LogP contribution in [0.1, 0.15) is 30.0 Å². The smallest absolute Gasteiger partial charge is 0.487 e. The average molecular weight is 413 g/mol. The molecular formula is C21H22N2O5P+. The number of aromatic nitrogens is 1. The lowest BCUT2D eigenvalue weighted by molar-refractivity contribution is 0.238. The highest BCUT2D eigenvalue weighted by Crippen LogP contribution is 2.47. The molecule has 150 valence electrons. The van der Waals surface area contributed by atoms with E-state index in [1.807, 2.05) is 36.4 Å². The molecule has 0 aliphatic heterocycles. The first-order valence-electron chi connectivity index (χ1n) is 9.27. The molecule has 3 aromatic rings. The van der Waals surface area contributed by atoms with Crippen LogP contribution in [0.2, 0.25) is 0 Å². The van der Waals surface area contributed by atoms with Crippen molar-refractivity contribution in [2.24, 2.45) is 0 Å². The van der Waals surface area contributed by atoms with Crippen LogP contribution in [0.25, 0.3) is 0 Å². The van der Waals surface area contributed by atoms with Crippen LogP contribution in [0, 0.1) is 0 Å². The predicted molar refractivity (Wildman–Crippen MR) is 111 cm³/mol. The maximum Gasteiger partial charge on any atom is 0.613 e. The van der Waals surface area contributed by atoms with E-state index in [1.54, 1.807) is 24.4 Å². The standard InChI is InChI=1S/C21H22N2O5P/c24-29(25,26)28-19-6-3-5-16(12-19)23-21-10-9-18(13-20(21)15-7-8-15)27-14-17-4-1-2-11-22-17/h1-6,9-13,15,23-26H,7-8,14H2/q+1. The maximum absolute atomic E-state index is 9.10. The van der Waals surface area contributed by atoms with Crippen molar-refractivity contribution in [1.82, 2.24) is 4.98 Å². The molecule has 0 bridgehead atoms. The van der Waals surface area contributed by atoms with E-state index in [1.165, 1.54) is 5.56 Å². The number of hydrogen-bond acceptors (Lipinski definition) is 7. The molecule has 1 aliphatic rings. The van der Waals surface area contributed by atoms with Gasteiger partial charge in [-0.05, 0) is 66.8 Å². The number of rotatable bonds is 8. The second kappa shape index (κ2) is 8.35. The van der Waals surface area contributed by atoms with Crippen LogP contribution >= 0.6 is 8.17 Å². The Bertz CT molecular complexity index is 974. The molecule has 1 fully saturated rings. The zero-order chi connectivity index (χ0) is 20.3. The van der Waals surface area contributed by atoms with E-state index in [4.69, 9.17) is 23.9 Å². The average Bonchev–Trinajstić information content (AvgIpc) is 3.52. The number of pyridine rings is 1. The molecule has 0 saturated heterocycles. The summed E-state index contributed by atoms with van der Waals surface area (Å²) in [6, 6.07) is 18.3. The maximum atomic E-state index is 9.10. The van der Waals surface area contributed by atoms with Gasteiger partial charge in [-0.25, -0.2) is 0 Å². The fraction of sp³-hybridized carbons (Fsp3) is 0.190. The minimum atomic E-state index is -4.34. The van der Waals surface area contributed by atoms with Crippen LogP contribution < -0.4 is 14.6 Å². The van der Waals surface area contributed by atoms with Gasteiger partial charge in [-0.3, -0.25) is 9.51 Å². The molecule has 29 heavy (non-hydrogen) atoms. The lowest BCUT2D eigenvalue weighted by atomic mass is 10.1. The van der Waals surface area contributed by atoms with Crippen molar-refractivity contribution >= 4 is 19.5 Å². The number of nitrogens with zero attached hydrogens (tertiary/aromatic N) is 1. The third-order valence-corrected chi connectivity index (χ3v) is 4.95. The zero-order valence-electron chi connectivity index (χ0n) is 15.6. The van der Waals surface area contributed by atoms with E-state index in [-0.39, 0.29) is 5.75 Å². The molecule has 1 saturated carbocycles. The van der Waals surface area contributed by atoms with Crippen LogP contribution in [0.15, 0.2) is 66.9 Å². The molecule has 2 aromatic carbocycles. The summed E-state index contributed by atoms with van der Waals surface area (Å²) in [6.45, 7) is 0.408. The minimum Gasteiger partial charge on any atom is -0.487 e. The quantitative estimate of drug-likeness (QED) is 0.408. The fourth-order valence-electron chi connectivity index (χ4n) is 3.04. The summed E-state index contributed by atoms with van der Waals surface area (Å²) in [6.07, 6.45) is 4.01. The van der Waals surface area contributed by atoms with E-state index in [0.717, 1.165) is 30.0 Å². The summed E-state index contributed by atoms with van der Waals surface area (Å²) in [5.74, 6) is 1.44. The summed E-state index contributed by atoms with van der Waals surface area (Å²) in [5.41, 5.74) is 3.70. The van der Waals surface area contributed by atoms with Gasteiger partial charge in [-0.1, -0.05) is 12.1 Å². The lowest BCUT2D eigenvalue weighted by Crippen LogP contribution is -2.01. The lowest BCUT2D eigenvalue weighted by Gasteiger charge is -2.15. The van der Waals surface area contributed by atoms with Crippen LogP contribution in [-0.2, 0) is 6.61 Å². The summed E-state index contributed by atoms with van der Waals surface area (Å²) in [4.78, 5) is 31.6. The van der Waals surface area contributed by atoms with Crippen molar-refractivity contribution in [3.05, 3.63) is 78.1 Å². The Hall–Kier alpha value is -2.70. The normalized spacial score (nSPS) is 13.8. The first-order valence-corrected chi connectivity index (χ1v) is 10.8. The molecule has 0 unspecified atom stereocenters. The van der Waals surface area contributed by atoms with Crippen molar-refractivity contribution < 1.29 is 23.9 Å². The Morgan fingerprint density at radius 1 is 0.966 bits per heavy atom. The monoisotopic (exact) mass is 413 g/mol. The van der Waals surface area contributed by atoms with Crippen LogP contribution in [0.3, 0.4) is 0 Å². The van der Waals surface area contributed by atoms with Crippen molar-refractivity contribution in [2.45, 2.75) is 25.4 Å². The number of nitrogens with one attached hydrogen (secondary N) is 1. The van der Waals surface area contributed by atoms with E-state index in [0.29, 0.717) is 18.2 Å². The summed E-state index contributed by atoms with van der Waals surface area (Å²) in [5, 5.41) is 3.34. The molecule has 4 N–H and O–H groups in total. The third kappa shape index (κ3) is 5.65. The van der Waals surface area contributed by atoms with Crippen LogP contribution in [0.5, 0.6) is 11.5 Å². The van der Waals surface area contributed by atoms with E-state index >= 15 is 0 Å². The van der Waals surface area contributed by atoms with Gasteiger partial charge in [0.1, 0.15) is 12.4 Å². The van der Waals surface area contributed by atoms with E-state index in [2.05, 4.69) is 16.4 Å².